The zero-order valence-corrected chi connectivity index (χ0v) is 15.6. The Hall–Kier alpha value is -1.80. The number of unbranched alkanes of at least 4 members (excludes halogenated alkanes) is 1. The molecule has 0 amide bonds. The van der Waals surface area contributed by atoms with E-state index in [1.165, 1.54) is 24.0 Å². The Morgan fingerprint density at radius 3 is 2.58 bits per heavy atom. The van der Waals surface area contributed by atoms with E-state index in [4.69, 9.17) is 4.74 Å². The summed E-state index contributed by atoms with van der Waals surface area (Å²) in [5, 5.41) is 0. The molecule has 0 fully saturated rings. The van der Waals surface area contributed by atoms with Crippen LogP contribution in [0.3, 0.4) is 0 Å². The average molecular weight is 325 g/mol. The lowest BCUT2D eigenvalue weighted by atomic mass is 9.89. The Morgan fingerprint density at radius 1 is 1.12 bits per heavy atom. The van der Waals surface area contributed by atoms with E-state index >= 15 is 0 Å². The van der Waals surface area contributed by atoms with Crippen molar-refractivity contribution in [2.24, 2.45) is 5.41 Å². The van der Waals surface area contributed by atoms with Gasteiger partial charge in [-0.3, -0.25) is 0 Å². The van der Waals surface area contributed by atoms with Gasteiger partial charge in [0.05, 0.1) is 0 Å². The normalized spacial score (nSPS) is 20.1. The molecule has 0 N–H and O–H groups in total. The van der Waals surface area contributed by atoms with Crippen molar-refractivity contribution in [3.8, 4) is 5.75 Å². The highest BCUT2D eigenvalue weighted by Gasteiger charge is 2.20. The Morgan fingerprint density at radius 2 is 1.88 bits per heavy atom. The van der Waals surface area contributed by atoms with E-state index in [9.17, 15) is 0 Å². The van der Waals surface area contributed by atoms with Gasteiger partial charge in [-0.25, -0.2) is 0 Å². The van der Waals surface area contributed by atoms with Crippen molar-refractivity contribution in [3.05, 3.63) is 65.8 Å². The molecule has 1 aromatic rings. The molecule has 1 unspecified atom stereocenters. The van der Waals surface area contributed by atoms with Gasteiger partial charge in [-0.05, 0) is 44.6 Å². The fraction of sp³-hybridized carbons (Fsp3) is 0.455. The highest BCUT2D eigenvalue weighted by molar-refractivity contribution is 5.33. The van der Waals surface area contributed by atoms with Gasteiger partial charge in [0.1, 0.15) is 12.4 Å². The van der Waals surface area contributed by atoms with Crippen molar-refractivity contribution in [1.82, 2.24) is 4.90 Å². The zero-order valence-electron chi connectivity index (χ0n) is 15.6. The molecule has 0 heterocycles. The van der Waals surface area contributed by atoms with Crippen molar-refractivity contribution in [2.75, 3.05) is 26.7 Å². The first-order valence-electron chi connectivity index (χ1n) is 8.96. The van der Waals surface area contributed by atoms with Crippen LogP contribution in [0.4, 0.5) is 0 Å². The molecular formula is C22H31NO. The summed E-state index contributed by atoms with van der Waals surface area (Å²) in [5.74, 6) is 0.921. The van der Waals surface area contributed by atoms with Crippen molar-refractivity contribution >= 4 is 0 Å². The molecule has 24 heavy (non-hydrogen) atoms. The first-order chi connectivity index (χ1) is 11.5. The minimum Gasteiger partial charge on any atom is -0.489 e. The lowest BCUT2D eigenvalue weighted by Crippen LogP contribution is -2.31. The molecule has 0 aromatic heterocycles. The highest BCUT2D eigenvalue weighted by atomic mass is 16.5. The van der Waals surface area contributed by atoms with Gasteiger partial charge < -0.3 is 9.64 Å². The van der Waals surface area contributed by atoms with Crippen LogP contribution in [0.2, 0.25) is 0 Å². The molecule has 130 valence electrons. The lowest BCUT2D eigenvalue weighted by Gasteiger charge is -2.28. The molecule has 2 rings (SSSR count). The number of hydrogen-bond donors (Lipinski definition) is 0. The first kappa shape index (κ1) is 18.5. The fourth-order valence-corrected chi connectivity index (χ4v) is 2.89. The number of benzene rings is 1. The van der Waals surface area contributed by atoms with E-state index in [1.54, 1.807) is 0 Å². The molecule has 1 aromatic carbocycles. The van der Waals surface area contributed by atoms with Gasteiger partial charge in [-0.2, -0.15) is 0 Å². The smallest absolute Gasteiger partial charge is 0.119 e. The van der Waals surface area contributed by atoms with E-state index in [2.05, 4.69) is 75.2 Å². The van der Waals surface area contributed by atoms with E-state index in [-0.39, 0.29) is 5.41 Å². The van der Waals surface area contributed by atoms with Crippen LogP contribution in [0.1, 0.15) is 32.3 Å². The van der Waals surface area contributed by atoms with Gasteiger partial charge >= 0.3 is 0 Å². The molecule has 0 bridgehead atoms. The van der Waals surface area contributed by atoms with Crippen molar-refractivity contribution in [1.29, 1.82) is 0 Å². The zero-order chi connectivity index (χ0) is 17.4. The molecule has 0 spiro atoms. The molecular weight excluding hydrogens is 294 g/mol. The summed E-state index contributed by atoms with van der Waals surface area (Å²) in [5.41, 5.74) is 2.53. The maximum absolute atomic E-state index is 5.89. The Kier molecular flexibility index (Phi) is 6.86. The summed E-state index contributed by atoms with van der Waals surface area (Å²) < 4.78 is 5.89. The van der Waals surface area contributed by atoms with Crippen LogP contribution >= 0.6 is 0 Å². The SMILES string of the molecule is CCCCN(C)CC1(C)C=CC=C(COc2ccc(C)cc2)C=C1. The second-order valence-corrected chi connectivity index (χ2v) is 7.13. The van der Waals surface area contributed by atoms with Crippen LogP contribution in [0.15, 0.2) is 60.2 Å². The second-order valence-electron chi connectivity index (χ2n) is 7.13. The van der Waals surface area contributed by atoms with E-state index < -0.39 is 0 Å². The molecule has 0 aliphatic heterocycles. The number of rotatable bonds is 8. The molecule has 1 aliphatic rings. The Labute approximate surface area is 147 Å². The summed E-state index contributed by atoms with van der Waals surface area (Å²) in [4.78, 5) is 2.42. The summed E-state index contributed by atoms with van der Waals surface area (Å²) in [6.07, 6.45) is 13.6. The summed E-state index contributed by atoms with van der Waals surface area (Å²) in [6, 6.07) is 8.21. The third-order valence-corrected chi connectivity index (χ3v) is 4.40. The number of nitrogens with zero attached hydrogens (tertiary/aromatic N) is 1. The van der Waals surface area contributed by atoms with Gasteiger partial charge in [-0.15, -0.1) is 0 Å². The number of aryl methyl sites for hydroxylation is 1. The maximum atomic E-state index is 5.89. The summed E-state index contributed by atoms with van der Waals surface area (Å²) in [7, 11) is 2.21. The third-order valence-electron chi connectivity index (χ3n) is 4.40. The molecule has 0 saturated carbocycles. The van der Waals surface area contributed by atoms with Gasteiger partial charge in [0, 0.05) is 12.0 Å². The Balaban J connectivity index is 1.90. The van der Waals surface area contributed by atoms with Gasteiger partial charge in [0.15, 0.2) is 0 Å². The molecule has 1 aliphatic carbocycles. The van der Waals surface area contributed by atoms with Crippen LogP contribution in [-0.4, -0.2) is 31.6 Å². The minimum atomic E-state index is 0.0740. The van der Waals surface area contributed by atoms with Crippen molar-refractivity contribution < 1.29 is 4.74 Å². The molecule has 0 radical (unpaired) electrons. The number of hydrogen-bond acceptors (Lipinski definition) is 2. The van der Waals surface area contributed by atoms with E-state index in [0.717, 1.165) is 18.8 Å². The lowest BCUT2D eigenvalue weighted by molar-refractivity contribution is 0.266. The van der Waals surface area contributed by atoms with E-state index in [0.29, 0.717) is 6.61 Å². The standard InChI is InChI=1S/C22H31NO/c1-5-6-16-23(4)18-22(3)14-7-8-20(13-15-22)17-24-21-11-9-19(2)10-12-21/h7-15H,5-6,16-18H2,1-4H3. The predicted octanol–water partition coefficient (Wildman–Crippen LogP) is 5.16. The van der Waals surface area contributed by atoms with E-state index in [1.807, 2.05) is 12.1 Å². The van der Waals surface area contributed by atoms with Crippen molar-refractivity contribution in [2.45, 2.75) is 33.6 Å². The van der Waals surface area contributed by atoms with Crippen molar-refractivity contribution in [3.63, 3.8) is 0 Å². The third kappa shape index (κ3) is 6.01. The monoisotopic (exact) mass is 325 g/mol. The fourth-order valence-electron chi connectivity index (χ4n) is 2.89. The van der Waals surface area contributed by atoms with Crippen LogP contribution in [0.5, 0.6) is 5.75 Å². The van der Waals surface area contributed by atoms with Gasteiger partial charge in [0.25, 0.3) is 0 Å². The quantitative estimate of drug-likeness (QED) is 0.654. The molecule has 2 nitrogen and oxygen atoms in total. The first-order valence-corrected chi connectivity index (χ1v) is 8.96. The molecule has 2 heteroatoms. The predicted molar refractivity (Wildman–Crippen MR) is 104 cm³/mol. The molecule has 0 saturated heterocycles. The largest absolute Gasteiger partial charge is 0.489 e. The maximum Gasteiger partial charge on any atom is 0.119 e. The minimum absolute atomic E-state index is 0.0740. The van der Waals surface area contributed by atoms with Gasteiger partial charge in [-0.1, -0.05) is 68.3 Å². The van der Waals surface area contributed by atoms with Crippen LogP contribution in [-0.2, 0) is 0 Å². The second kappa shape index (κ2) is 8.89. The van der Waals surface area contributed by atoms with Crippen LogP contribution in [0, 0.1) is 12.3 Å². The van der Waals surface area contributed by atoms with Gasteiger partial charge in [0.2, 0.25) is 0 Å². The highest BCUT2D eigenvalue weighted by Crippen LogP contribution is 2.25. The number of allylic oxidation sites excluding steroid dienone is 2. The molecule has 1 atom stereocenters. The average Bonchev–Trinajstić information content (AvgIpc) is 2.74. The van der Waals surface area contributed by atoms with Crippen LogP contribution in [0.25, 0.3) is 0 Å². The summed E-state index contributed by atoms with van der Waals surface area (Å²) >= 11 is 0. The summed E-state index contributed by atoms with van der Waals surface area (Å²) in [6.45, 7) is 9.42. The van der Waals surface area contributed by atoms with Crippen LogP contribution < -0.4 is 4.74 Å². The number of ether oxygens (including phenoxy) is 1. The Bertz CT molecular complexity index is 597. The topological polar surface area (TPSA) is 12.5 Å².